The zero-order valence-electron chi connectivity index (χ0n) is 13.1. The van der Waals surface area contributed by atoms with Gasteiger partial charge in [0.05, 0.1) is 20.8 Å². The number of sulfone groups is 1. The van der Waals surface area contributed by atoms with Gasteiger partial charge in [-0.2, -0.15) is 0 Å². The highest BCUT2D eigenvalue weighted by molar-refractivity contribution is 7.93. The van der Waals surface area contributed by atoms with Crippen LogP contribution in [0.25, 0.3) is 10.2 Å². The Morgan fingerprint density at radius 1 is 1.08 bits per heavy atom. The number of anilines is 1. The van der Waals surface area contributed by atoms with E-state index in [-0.39, 0.29) is 9.24 Å². The number of sulfonamides is 1. The van der Waals surface area contributed by atoms with Crippen molar-refractivity contribution in [1.29, 1.82) is 0 Å². The number of nitrogens with zero attached hydrogens (tertiary/aromatic N) is 1. The minimum absolute atomic E-state index is 0.00365. The number of benzene rings is 2. The van der Waals surface area contributed by atoms with Crippen LogP contribution in [0.4, 0.5) is 5.69 Å². The van der Waals surface area contributed by atoms with E-state index in [9.17, 15) is 16.8 Å². The van der Waals surface area contributed by atoms with Crippen molar-refractivity contribution in [2.24, 2.45) is 0 Å². The first-order chi connectivity index (χ1) is 11.6. The van der Waals surface area contributed by atoms with Gasteiger partial charge in [-0.25, -0.2) is 21.8 Å². The lowest BCUT2D eigenvalue weighted by molar-refractivity contribution is 0.599. The molecule has 2 aromatic carbocycles. The largest absolute Gasteiger partial charge is 0.280 e. The molecule has 0 spiro atoms. The molecule has 0 aliphatic carbocycles. The topological polar surface area (TPSA) is 93.2 Å². The van der Waals surface area contributed by atoms with Gasteiger partial charge in [0.2, 0.25) is 14.2 Å². The van der Waals surface area contributed by atoms with Crippen LogP contribution in [0.1, 0.15) is 5.56 Å². The second-order valence-electron chi connectivity index (χ2n) is 5.45. The standard InChI is InChI=1S/C15H13ClN2O4S3/c1-9-7-10(16)3-6-14(9)25(21,22)18-11-4-5-12-13(8-11)23-15(17-12)24(2,19)20/h3-8,18H,1-2H3. The summed E-state index contributed by atoms with van der Waals surface area (Å²) < 4.78 is 51.4. The van der Waals surface area contributed by atoms with Gasteiger partial charge in [0.15, 0.2) is 0 Å². The molecule has 0 aliphatic rings. The highest BCUT2D eigenvalue weighted by Gasteiger charge is 2.18. The molecule has 0 radical (unpaired) electrons. The monoisotopic (exact) mass is 416 g/mol. The number of halogens is 1. The van der Waals surface area contributed by atoms with E-state index < -0.39 is 19.9 Å². The maximum absolute atomic E-state index is 12.6. The number of nitrogens with one attached hydrogen (secondary N) is 1. The summed E-state index contributed by atoms with van der Waals surface area (Å²) in [4.78, 5) is 4.17. The molecule has 1 heterocycles. The van der Waals surface area contributed by atoms with Gasteiger partial charge in [-0.3, -0.25) is 4.72 Å². The zero-order valence-corrected chi connectivity index (χ0v) is 16.4. The van der Waals surface area contributed by atoms with Gasteiger partial charge in [0.1, 0.15) is 0 Å². The fourth-order valence-corrected chi connectivity index (χ4v) is 5.63. The Balaban J connectivity index is 1.99. The second kappa shape index (κ2) is 6.24. The molecule has 0 unspecified atom stereocenters. The molecule has 25 heavy (non-hydrogen) atoms. The SMILES string of the molecule is Cc1cc(Cl)ccc1S(=O)(=O)Nc1ccc2nc(S(C)(=O)=O)sc2c1. The third kappa shape index (κ3) is 3.79. The van der Waals surface area contributed by atoms with Gasteiger partial charge < -0.3 is 0 Å². The Labute approximate surface area is 154 Å². The fourth-order valence-electron chi connectivity index (χ4n) is 2.25. The third-order valence-electron chi connectivity index (χ3n) is 3.36. The van der Waals surface area contributed by atoms with Crippen LogP contribution >= 0.6 is 22.9 Å². The van der Waals surface area contributed by atoms with E-state index in [1.54, 1.807) is 25.1 Å². The van der Waals surface area contributed by atoms with Gasteiger partial charge in [0, 0.05) is 11.3 Å². The van der Waals surface area contributed by atoms with Gasteiger partial charge in [-0.1, -0.05) is 11.6 Å². The summed E-state index contributed by atoms with van der Waals surface area (Å²) in [6.45, 7) is 1.66. The van der Waals surface area contributed by atoms with Crippen LogP contribution in [0.5, 0.6) is 0 Å². The maximum Gasteiger partial charge on any atom is 0.262 e. The van der Waals surface area contributed by atoms with Gasteiger partial charge in [-0.05, 0) is 48.9 Å². The molecule has 0 amide bonds. The number of aromatic nitrogens is 1. The molecule has 1 aromatic heterocycles. The first kappa shape index (κ1) is 18.1. The zero-order chi connectivity index (χ0) is 18.4. The maximum atomic E-state index is 12.6. The first-order valence-corrected chi connectivity index (χ1v) is 11.5. The highest BCUT2D eigenvalue weighted by atomic mass is 35.5. The average Bonchev–Trinajstić information content (AvgIpc) is 2.89. The molecule has 1 N–H and O–H groups in total. The summed E-state index contributed by atoms with van der Waals surface area (Å²) >= 11 is 6.86. The molecule has 0 atom stereocenters. The van der Waals surface area contributed by atoms with Crippen molar-refractivity contribution in [3.63, 3.8) is 0 Å². The van der Waals surface area contributed by atoms with E-state index in [0.29, 0.717) is 26.5 Å². The van der Waals surface area contributed by atoms with Crippen molar-refractivity contribution in [3.05, 3.63) is 47.0 Å². The summed E-state index contributed by atoms with van der Waals surface area (Å²) in [5, 5.41) is 0.454. The van der Waals surface area contributed by atoms with E-state index in [1.165, 1.54) is 18.2 Å². The van der Waals surface area contributed by atoms with E-state index in [1.807, 2.05) is 0 Å². The van der Waals surface area contributed by atoms with E-state index in [0.717, 1.165) is 17.6 Å². The minimum atomic E-state index is -3.79. The number of aryl methyl sites for hydroxylation is 1. The van der Waals surface area contributed by atoms with Crippen molar-refractivity contribution in [2.45, 2.75) is 16.2 Å². The lowest BCUT2D eigenvalue weighted by Gasteiger charge is -2.10. The molecule has 3 rings (SSSR count). The van der Waals surface area contributed by atoms with Gasteiger partial charge in [-0.15, -0.1) is 11.3 Å². The summed E-state index contributed by atoms with van der Waals surface area (Å²) in [6.07, 6.45) is 1.08. The predicted octanol–water partition coefficient (Wildman–Crippen LogP) is 3.46. The fraction of sp³-hybridized carbons (Fsp3) is 0.133. The lowest BCUT2D eigenvalue weighted by Crippen LogP contribution is -2.14. The molecule has 0 saturated carbocycles. The quantitative estimate of drug-likeness (QED) is 0.702. The summed E-state index contributed by atoms with van der Waals surface area (Å²) in [7, 11) is -7.20. The lowest BCUT2D eigenvalue weighted by atomic mass is 10.2. The van der Waals surface area contributed by atoms with Gasteiger partial charge >= 0.3 is 0 Å². The van der Waals surface area contributed by atoms with Crippen molar-refractivity contribution < 1.29 is 16.8 Å². The number of thiazole rings is 1. The molecule has 0 fully saturated rings. The van der Waals surface area contributed by atoms with Crippen LogP contribution in [0.3, 0.4) is 0 Å². The predicted molar refractivity (Wildman–Crippen MR) is 99.7 cm³/mol. The summed E-state index contributed by atoms with van der Waals surface area (Å²) in [5.41, 5.74) is 1.35. The minimum Gasteiger partial charge on any atom is -0.280 e. The first-order valence-electron chi connectivity index (χ1n) is 6.96. The van der Waals surface area contributed by atoms with Gasteiger partial charge in [0.25, 0.3) is 10.0 Å². The molecule has 0 bridgehead atoms. The second-order valence-corrected chi connectivity index (χ2v) is 10.8. The normalized spacial score (nSPS) is 12.4. The third-order valence-corrected chi connectivity index (χ3v) is 7.84. The number of fused-ring (bicyclic) bond motifs is 1. The van der Waals surface area contributed by atoms with Crippen LogP contribution in [0.2, 0.25) is 5.02 Å². The summed E-state index contributed by atoms with van der Waals surface area (Å²) in [5.74, 6) is 0. The van der Waals surface area contributed by atoms with Crippen molar-refractivity contribution in [2.75, 3.05) is 11.0 Å². The molecular formula is C15H13ClN2O4S3. The Morgan fingerprint density at radius 3 is 2.44 bits per heavy atom. The molecule has 10 heteroatoms. The molecule has 6 nitrogen and oxygen atoms in total. The Morgan fingerprint density at radius 2 is 1.80 bits per heavy atom. The molecule has 0 aliphatic heterocycles. The number of rotatable bonds is 4. The Hall–Kier alpha value is -1.68. The van der Waals surface area contributed by atoms with E-state index in [2.05, 4.69) is 9.71 Å². The average molecular weight is 417 g/mol. The van der Waals surface area contributed by atoms with E-state index >= 15 is 0 Å². The summed E-state index contributed by atoms with van der Waals surface area (Å²) in [6, 6.07) is 9.19. The molecule has 3 aromatic rings. The Bertz CT molecular complexity index is 1180. The van der Waals surface area contributed by atoms with Crippen molar-refractivity contribution in [3.8, 4) is 0 Å². The van der Waals surface area contributed by atoms with Crippen LogP contribution < -0.4 is 4.72 Å². The molecule has 0 saturated heterocycles. The number of hydrogen-bond donors (Lipinski definition) is 1. The van der Waals surface area contributed by atoms with Crippen molar-refractivity contribution >= 4 is 58.7 Å². The van der Waals surface area contributed by atoms with Crippen LogP contribution in [-0.2, 0) is 19.9 Å². The highest BCUT2D eigenvalue weighted by Crippen LogP contribution is 2.29. The van der Waals surface area contributed by atoms with Crippen LogP contribution in [0.15, 0.2) is 45.6 Å². The van der Waals surface area contributed by atoms with Crippen molar-refractivity contribution in [1.82, 2.24) is 4.98 Å². The smallest absolute Gasteiger partial charge is 0.262 e. The van der Waals surface area contributed by atoms with Crippen LogP contribution in [-0.4, -0.2) is 28.1 Å². The Kier molecular flexibility index (Phi) is 4.52. The molecule has 132 valence electrons. The van der Waals surface area contributed by atoms with E-state index in [4.69, 9.17) is 11.6 Å². The number of hydrogen-bond acceptors (Lipinski definition) is 6. The molecular weight excluding hydrogens is 404 g/mol. The van der Waals surface area contributed by atoms with Crippen LogP contribution in [0, 0.1) is 6.92 Å².